The molecule has 5 nitrogen and oxygen atoms in total. The van der Waals surface area contributed by atoms with Gasteiger partial charge in [-0.2, -0.15) is 0 Å². The zero-order valence-electron chi connectivity index (χ0n) is 18.9. The Labute approximate surface area is 185 Å². The molecule has 3 rings (SSSR count). The molecule has 0 aliphatic carbocycles. The molecular formula is C25H34FN3O2. The lowest BCUT2D eigenvalue weighted by Gasteiger charge is -2.34. The highest BCUT2D eigenvalue weighted by molar-refractivity contribution is 5.92. The van der Waals surface area contributed by atoms with Gasteiger partial charge in [0.15, 0.2) is 0 Å². The molecule has 0 spiro atoms. The maximum Gasteiger partial charge on any atom is 0.238 e. The third kappa shape index (κ3) is 7.64. The zero-order chi connectivity index (χ0) is 22.3. The third-order valence-corrected chi connectivity index (χ3v) is 5.57. The Kier molecular flexibility index (Phi) is 8.04. The summed E-state index contributed by atoms with van der Waals surface area (Å²) in [5.41, 5.74) is 2.09. The summed E-state index contributed by atoms with van der Waals surface area (Å²) in [4.78, 5) is 16.8. The molecule has 168 valence electrons. The number of rotatable bonds is 8. The van der Waals surface area contributed by atoms with Crippen LogP contribution in [0.4, 0.5) is 10.1 Å². The largest absolute Gasteiger partial charge is 0.494 e. The van der Waals surface area contributed by atoms with Crippen LogP contribution in [0.1, 0.15) is 32.8 Å². The number of anilines is 1. The molecule has 31 heavy (non-hydrogen) atoms. The summed E-state index contributed by atoms with van der Waals surface area (Å²) in [6, 6.07) is 14.2. The minimum absolute atomic E-state index is 0.0639. The first kappa shape index (κ1) is 23.2. The van der Waals surface area contributed by atoms with Crippen molar-refractivity contribution >= 4 is 11.6 Å². The minimum atomic E-state index is -0.307. The highest BCUT2D eigenvalue weighted by atomic mass is 19.1. The van der Waals surface area contributed by atoms with Crippen LogP contribution in [-0.4, -0.2) is 61.6 Å². The molecular weight excluding hydrogens is 393 g/mol. The normalized spacial score (nSPS) is 15.6. The Morgan fingerprint density at radius 3 is 2.19 bits per heavy atom. The molecule has 1 amide bonds. The van der Waals surface area contributed by atoms with Crippen LogP contribution in [0.2, 0.25) is 0 Å². The molecule has 2 aromatic carbocycles. The van der Waals surface area contributed by atoms with E-state index in [1.165, 1.54) is 17.7 Å². The van der Waals surface area contributed by atoms with Gasteiger partial charge in [-0.05, 0) is 53.8 Å². The van der Waals surface area contributed by atoms with Gasteiger partial charge in [0.1, 0.15) is 11.6 Å². The van der Waals surface area contributed by atoms with Crippen LogP contribution in [0.15, 0.2) is 48.5 Å². The number of hydrogen-bond donors (Lipinski definition) is 1. The summed E-state index contributed by atoms with van der Waals surface area (Å²) in [5.74, 6) is 0.550. The molecule has 1 heterocycles. The summed E-state index contributed by atoms with van der Waals surface area (Å²) in [7, 11) is 0. The number of amides is 1. The molecule has 0 saturated carbocycles. The maximum absolute atomic E-state index is 13.0. The summed E-state index contributed by atoms with van der Waals surface area (Å²) >= 11 is 0. The van der Waals surface area contributed by atoms with Crippen LogP contribution in [-0.2, 0) is 10.2 Å². The van der Waals surface area contributed by atoms with E-state index in [9.17, 15) is 9.18 Å². The molecule has 0 aromatic heterocycles. The Hall–Kier alpha value is -2.44. The number of piperazine rings is 1. The molecule has 1 N–H and O–H groups in total. The van der Waals surface area contributed by atoms with E-state index >= 15 is 0 Å². The highest BCUT2D eigenvalue weighted by Crippen LogP contribution is 2.24. The number of carbonyl (C=O) groups excluding carboxylic acids is 1. The van der Waals surface area contributed by atoms with Crippen molar-refractivity contribution in [3.63, 3.8) is 0 Å². The van der Waals surface area contributed by atoms with Crippen LogP contribution < -0.4 is 10.1 Å². The van der Waals surface area contributed by atoms with Gasteiger partial charge in [-0.1, -0.05) is 32.9 Å². The van der Waals surface area contributed by atoms with Crippen LogP contribution in [0, 0.1) is 5.82 Å². The van der Waals surface area contributed by atoms with Crippen LogP contribution in [0.3, 0.4) is 0 Å². The van der Waals surface area contributed by atoms with Crippen LogP contribution in [0.25, 0.3) is 0 Å². The summed E-state index contributed by atoms with van der Waals surface area (Å²) < 4.78 is 18.8. The molecule has 6 heteroatoms. The smallest absolute Gasteiger partial charge is 0.238 e. The van der Waals surface area contributed by atoms with E-state index in [2.05, 4.69) is 60.2 Å². The van der Waals surface area contributed by atoms with Gasteiger partial charge in [0.05, 0.1) is 13.2 Å². The average molecular weight is 428 g/mol. The number of benzene rings is 2. The molecule has 0 unspecified atom stereocenters. The predicted molar refractivity (Wildman–Crippen MR) is 123 cm³/mol. The average Bonchev–Trinajstić information content (AvgIpc) is 2.74. The van der Waals surface area contributed by atoms with E-state index in [1.54, 1.807) is 12.1 Å². The van der Waals surface area contributed by atoms with Crippen molar-refractivity contribution in [1.29, 1.82) is 0 Å². The topological polar surface area (TPSA) is 44.8 Å². The van der Waals surface area contributed by atoms with Crippen molar-refractivity contribution in [3.8, 4) is 5.75 Å². The number of hydrogen-bond acceptors (Lipinski definition) is 4. The van der Waals surface area contributed by atoms with Gasteiger partial charge < -0.3 is 15.0 Å². The first-order valence-corrected chi connectivity index (χ1v) is 11.0. The molecule has 0 atom stereocenters. The standard InChI is InChI=1S/C25H34FN3O2/c1-25(2,3)20-5-11-23(12-6-20)31-18-4-13-28-14-16-29(17-15-28)19-24(30)27-22-9-7-21(26)8-10-22/h5-12H,4,13-19H2,1-3H3,(H,27,30). The van der Waals surface area contributed by atoms with Crippen molar-refractivity contribution in [2.24, 2.45) is 0 Å². The van der Waals surface area contributed by atoms with E-state index in [0.29, 0.717) is 18.8 Å². The van der Waals surface area contributed by atoms with Gasteiger partial charge in [-0.3, -0.25) is 9.69 Å². The molecule has 1 fully saturated rings. The fourth-order valence-corrected chi connectivity index (χ4v) is 3.64. The summed E-state index contributed by atoms with van der Waals surface area (Å²) in [5, 5.41) is 2.82. The van der Waals surface area contributed by atoms with Gasteiger partial charge >= 0.3 is 0 Å². The van der Waals surface area contributed by atoms with Crippen LogP contribution in [0.5, 0.6) is 5.75 Å². The Morgan fingerprint density at radius 2 is 1.58 bits per heavy atom. The van der Waals surface area contributed by atoms with Gasteiger partial charge in [-0.25, -0.2) is 4.39 Å². The van der Waals surface area contributed by atoms with Gasteiger partial charge in [-0.15, -0.1) is 0 Å². The third-order valence-electron chi connectivity index (χ3n) is 5.57. The van der Waals surface area contributed by atoms with Gasteiger partial charge in [0, 0.05) is 38.4 Å². The first-order chi connectivity index (χ1) is 14.8. The number of nitrogens with one attached hydrogen (secondary N) is 1. The minimum Gasteiger partial charge on any atom is -0.494 e. The lowest BCUT2D eigenvalue weighted by molar-refractivity contribution is -0.117. The van der Waals surface area contributed by atoms with Gasteiger partial charge in [0.2, 0.25) is 5.91 Å². The highest BCUT2D eigenvalue weighted by Gasteiger charge is 2.19. The quantitative estimate of drug-likeness (QED) is 0.643. The van der Waals surface area contributed by atoms with Crippen molar-refractivity contribution < 1.29 is 13.9 Å². The molecule has 0 radical (unpaired) electrons. The van der Waals surface area contributed by atoms with Gasteiger partial charge in [0.25, 0.3) is 0 Å². The lowest BCUT2D eigenvalue weighted by Crippen LogP contribution is -2.48. The fraction of sp³-hybridized carbons (Fsp3) is 0.480. The Morgan fingerprint density at radius 1 is 0.968 bits per heavy atom. The van der Waals surface area contributed by atoms with Crippen molar-refractivity contribution in [2.75, 3.05) is 51.2 Å². The van der Waals surface area contributed by atoms with Crippen molar-refractivity contribution in [2.45, 2.75) is 32.6 Å². The molecule has 2 aromatic rings. The monoisotopic (exact) mass is 427 g/mol. The molecule has 1 aliphatic heterocycles. The SMILES string of the molecule is CC(C)(C)c1ccc(OCCCN2CCN(CC(=O)Nc3ccc(F)cc3)CC2)cc1. The molecule has 0 bridgehead atoms. The maximum atomic E-state index is 13.0. The number of carbonyl (C=O) groups is 1. The predicted octanol–water partition coefficient (Wildman–Crippen LogP) is 4.15. The number of nitrogens with zero attached hydrogens (tertiary/aromatic N) is 2. The van der Waals surface area contributed by atoms with E-state index in [0.717, 1.165) is 44.9 Å². The van der Waals surface area contributed by atoms with E-state index in [-0.39, 0.29) is 17.1 Å². The number of halogens is 1. The first-order valence-electron chi connectivity index (χ1n) is 11.0. The Bertz CT molecular complexity index is 823. The Balaban J connectivity index is 1.29. The summed E-state index contributed by atoms with van der Waals surface area (Å²) in [6.45, 7) is 12.3. The second kappa shape index (κ2) is 10.7. The summed E-state index contributed by atoms with van der Waals surface area (Å²) in [6.07, 6.45) is 0.978. The van der Waals surface area contributed by atoms with Crippen molar-refractivity contribution in [3.05, 3.63) is 59.9 Å². The number of ether oxygens (including phenoxy) is 1. The lowest BCUT2D eigenvalue weighted by atomic mass is 9.87. The second-order valence-corrected chi connectivity index (χ2v) is 9.15. The van der Waals surface area contributed by atoms with Crippen molar-refractivity contribution in [1.82, 2.24) is 9.80 Å². The van der Waals surface area contributed by atoms with E-state index in [4.69, 9.17) is 4.74 Å². The zero-order valence-corrected chi connectivity index (χ0v) is 18.9. The van der Waals surface area contributed by atoms with Crippen LogP contribution >= 0.6 is 0 Å². The molecule has 1 saturated heterocycles. The second-order valence-electron chi connectivity index (χ2n) is 9.15. The fourth-order valence-electron chi connectivity index (χ4n) is 3.64. The molecule has 1 aliphatic rings. The van der Waals surface area contributed by atoms with E-state index in [1.807, 2.05) is 0 Å². The van der Waals surface area contributed by atoms with E-state index < -0.39 is 0 Å².